The van der Waals surface area contributed by atoms with Crippen LogP contribution in [0.2, 0.25) is 5.02 Å². The molecule has 0 aliphatic carbocycles. The largest absolute Gasteiger partial charge is 0.467 e. The predicted octanol–water partition coefficient (Wildman–Crippen LogP) is 4.39. The maximum Gasteiger partial charge on any atom is 0.252 e. The number of hydrogen-bond acceptors (Lipinski definition) is 4. The van der Waals surface area contributed by atoms with Crippen molar-refractivity contribution in [2.24, 2.45) is 0 Å². The molecule has 7 heteroatoms. The van der Waals surface area contributed by atoms with Crippen molar-refractivity contribution in [1.29, 1.82) is 0 Å². The fraction of sp³-hybridized carbons (Fsp3) is 0.143. The molecule has 1 unspecified atom stereocenters. The predicted molar refractivity (Wildman–Crippen MR) is 103 cm³/mol. The number of carbonyl (C=O) groups excluding carboxylic acids is 2. The van der Waals surface area contributed by atoms with Crippen LogP contribution >= 0.6 is 11.6 Å². The lowest BCUT2D eigenvalue weighted by Gasteiger charge is -2.17. The first-order valence-electron chi connectivity index (χ1n) is 8.74. The van der Waals surface area contributed by atoms with Crippen molar-refractivity contribution in [1.82, 2.24) is 5.32 Å². The number of rotatable bonds is 5. The molecule has 0 bridgehead atoms. The Morgan fingerprint density at radius 3 is 2.79 bits per heavy atom. The molecule has 3 aromatic rings. The highest BCUT2D eigenvalue weighted by atomic mass is 35.5. The van der Waals surface area contributed by atoms with Gasteiger partial charge < -0.3 is 15.1 Å². The number of anilines is 1. The number of Topliss-reactive ketones (excluding diaryl/α,β-unsaturated/α-hetero) is 1. The third-order valence-electron chi connectivity index (χ3n) is 4.66. The number of amides is 1. The zero-order valence-corrected chi connectivity index (χ0v) is 15.4. The van der Waals surface area contributed by atoms with Gasteiger partial charge in [-0.05, 0) is 48.4 Å². The fourth-order valence-electron chi connectivity index (χ4n) is 3.25. The number of ketones is 1. The minimum Gasteiger partial charge on any atom is -0.467 e. The van der Waals surface area contributed by atoms with E-state index in [0.29, 0.717) is 5.56 Å². The number of halogens is 2. The number of fused-ring (bicyclic) bond motifs is 1. The summed E-state index contributed by atoms with van der Waals surface area (Å²) in [4.78, 5) is 25.8. The maximum absolute atomic E-state index is 14.3. The van der Waals surface area contributed by atoms with Gasteiger partial charge in [0.05, 0.1) is 16.8 Å². The van der Waals surface area contributed by atoms with Crippen molar-refractivity contribution in [2.45, 2.75) is 12.5 Å². The Morgan fingerprint density at radius 2 is 2.04 bits per heavy atom. The Morgan fingerprint density at radius 1 is 1.18 bits per heavy atom. The molecule has 4 rings (SSSR count). The summed E-state index contributed by atoms with van der Waals surface area (Å²) in [5.74, 6) is -1.73. The summed E-state index contributed by atoms with van der Waals surface area (Å²) in [5, 5.41) is 5.82. The highest BCUT2D eigenvalue weighted by molar-refractivity contribution is 6.34. The van der Waals surface area contributed by atoms with E-state index in [0.717, 1.165) is 30.3 Å². The van der Waals surface area contributed by atoms with Gasteiger partial charge in [0.2, 0.25) is 0 Å². The van der Waals surface area contributed by atoms with E-state index < -0.39 is 23.5 Å². The molecular weight excluding hydrogens is 383 g/mol. The van der Waals surface area contributed by atoms with Crippen LogP contribution in [-0.4, -0.2) is 18.2 Å². The second-order valence-corrected chi connectivity index (χ2v) is 6.84. The van der Waals surface area contributed by atoms with Crippen molar-refractivity contribution < 1.29 is 18.4 Å². The van der Waals surface area contributed by atoms with Gasteiger partial charge in [0.1, 0.15) is 11.6 Å². The third kappa shape index (κ3) is 3.39. The molecule has 1 amide bonds. The highest BCUT2D eigenvalue weighted by Crippen LogP contribution is 2.28. The summed E-state index contributed by atoms with van der Waals surface area (Å²) < 4.78 is 19.6. The van der Waals surface area contributed by atoms with Crippen molar-refractivity contribution >= 4 is 29.0 Å². The lowest BCUT2D eigenvalue weighted by atomic mass is 10.0. The monoisotopic (exact) mass is 398 g/mol. The van der Waals surface area contributed by atoms with Crippen molar-refractivity contribution in [3.63, 3.8) is 0 Å². The van der Waals surface area contributed by atoms with E-state index in [9.17, 15) is 14.0 Å². The van der Waals surface area contributed by atoms with E-state index in [2.05, 4.69) is 10.6 Å². The molecular formula is C21H16ClFN2O3. The SMILES string of the molecule is O=C(NC(C(=O)c1c(F)cccc1Cl)c1ccco1)c1ccc2c(c1)NCC2. The van der Waals surface area contributed by atoms with Crippen LogP contribution in [-0.2, 0) is 6.42 Å². The number of carbonyl (C=O) groups is 2. The van der Waals surface area contributed by atoms with Crippen molar-refractivity contribution in [2.75, 3.05) is 11.9 Å². The van der Waals surface area contributed by atoms with Crippen LogP contribution in [0.5, 0.6) is 0 Å². The zero-order valence-electron chi connectivity index (χ0n) is 14.7. The Bertz CT molecular complexity index is 1030. The van der Waals surface area contributed by atoms with Crippen molar-refractivity contribution in [3.8, 4) is 0 Å². The normalized spacial score (nSPS) is 13.5. The van der Waals surface area contributed by atoms with E-state index in [-0.39, 0.29) is 16.3 Å². The molecule has 5 nitrogen and oxygen atoms in total. The average Bonchev–Trinajstić information content (AvgIpc) is 3.36. The van der Waals surface area contributed by atoms with E-state index in [1.54, 1.807) is 24.3 Å². The molecule has 0 radical (unpaired) electrons. The van der Waals surface area contributed by atoms with Crippen LogP contribution in [0, 0.1) is 5.82 Å². The quantitative estimate of drug-likeness (QED) is 0.625. The number of hydrogen-bond donors (Lipinski definition) is 2. The summed E-state index contributed by atoms with van der Waals surface area (Å²) in [6.45, 7) is 0.819. The summed E-state index contributed by atoms with van der Waals surface area (Å²) in [6, 6.07) is 11.2. The molecule has 0 saturated heterocycles. The minimum atomic E-state index is -1.21. The molecule has 28 heavy (non-hydrogen) atoms. The summed E-state index contributed by atoms with van der Waals surface area (Å²) in [7, 11) is 0. The first kappa shape index (κ1) is 18.3. The van der Waals surface area contributed by atoms with Gasteiger partial charge in [-0.25, -0.2) is 4.39 Å². The van der Waals surface area contributed by atoms with Crippen molar-refractivity contribution in [3.05, 3.63) is 88.1 Å². The molecule has 2 N–H and O–H groups in total. The molecule has 1 aromatic heterocycles. The first-order chi connectivity index (χ1) is 13.5. The lowest BCUT2D eigenvalue weighted by Crippen LogP contribution is -2.34. The summed E-state index contributed by atoms with van der Waals surface area (Å²) in [5.41, 5.74) is 2.12. The number of nitrogens with one attached hydrogen (secondary N) is 2. The molecule has 142 valence electrons. The van der Waals surface area contributed by atoms with Crippen LogP contribution in [0.4, 0.5) is 10.1 Å². The topological polar surface area (TPSA) is 71.3 Å². The van der Waals surface area contributed by atoms with Gasteiger partial charge >= 0.3 is 0 Å². The van der Waals surface area contributed by atoms with Gasteiger partial charge in [0.15, 0.2) is 11.8 Å². The molecule has 1 aliphatic rings. The fourth-order valence-corrected chi connectivity index (χ4v) is 3.50. The first-order valence-corrected chi connectivity index (χ1v) is 9.11. The van der Waals surface area contributed by atoms with Crippen LogP contribution < -0.4 is 10.6 Å². The molecule has 2 aromatic carbocycles. The van der Waals surface area contributed by atoms with Crippen LogP contribution in [0.1, 0.15) is 38.1 Å². The molecule has 0 saturated carbocycles. The summed E-state index contributed by atoms with van der Waals surface area (Å²) in [6.07, 6.45) is 2.28. The second kappa shape index (κ2) is 7.48. The maximum atomic E-state index is 14.3. The van der Waals surface area contributed by atoms with E-state index >= 15 is 0 Å². The standard InChI is InChI=1S/C21H16ClFN2O3/c22-14-3-1-4-15(23)18(14)20(26)19(17-5-2-10-28-17)25-21(27)13-7-6-12-8-9-24-16(12)11-13/h1-7,10-11,19,24H,8-9H2,(H,25,27). The van der Waals surface area contributed by atoms with Gasteiger partial charge in [-0.3, -0.25) is 9.59 Å². The lowest BCUT2D eigenvalue weighted by molar-refractivity contribution is 0.0843. The van der Waals surface area contributed by atoms with E-state index in [4.69, 9.17) is 16.0 Å². The molecule has 0 spiro atoms. The number of benzene rings is 2. The molecule has 0 fully saturated rings. The van der Waals surface area contributed by atoms with Gasteiger partial charge in [0, 0.05) is 17.8 Å². The highest BCUT2D eigenvalue weighted by Gasteiger charge is 2.30. The molecule has 1 aliphatic heterocycles. The zero-order chi connectivity index (χ0) is 19.7. The Labute approximate surface area is 165 Å². The van der Waals surface area contributed by atoms with Gasteiger partial charge in [-0.2, -0.15) is 0 Å². The van der Waals surface area contributed by atoms with Crippen LogP contribution in [0.3, 0.4) is 0 Å². The third-order valence-corrected chi connectivity index (χ3v) is 4.97. The average molecular weight is 399 g/mol. The van der Waals surface area contributed by atoms with Crippen LogP contribution in [0.25, 0.3) is 0 Å². The Balaban J connectivity index is 1.66. The van der Waals surface area contributed by atoms with E-state index in [1.807, 2.05) is 6.07 Å². The Kier molecular flexibility index (Phi) is 4.88. The van der Waals surface area contributed by atoms with Gasteiger partial charge in [-0.15, -0.1) is 0 Å². The minimum absolute atomic E-state index is 0.0301. The van der Waals surface area contributed by atoms with Gasteiger partial charge in [0.25, 0.3) is 5.91 Å². The van der Waals surface area contributed by atoms with Crippen LogP contribution in [0.15, 0.2) is 59.2 Å². The summed E-state index contributed by atoms with van der Waals surface area (Å²) >= 11 is 6.03. The Hall–Kier alpha value is -3.12. The van der Waals surface area contributed by atoms with E-state index in [1.165, 1.54) is 18.4 Å². The van der Waals surface area contributed by atoms with Gasteiger partial charge in [-0.1, -0.05) is 23.7 Å². The number of furan rings is 1. The smallest absolute Gasteiger partial charge is 0.252 e. The molecule has 1 atom stereocenters. The second-order valence-electron chi connectivity index (χ2n) is 6.43. The molecule has 2 heterocycles.